The highest BCUT2D eigenvalue weighted by Crippen LogP contribution is 2.31. The van der Waals surface area contributed by atoms with Crippen LogP contribution in [0.25, 0.3) is 26.4 Å². The Morgan fingerprint density at radius 2 is 1.90 bits per heavy atom. The van der Waals surface area contributed by atoms with Crippen LogP contribution in [0.15, 0.2) is 48.7 Å². The summed E-state index contributed by atoms with van der Waals surface area (Å²) in [7, 11) is 0. The zero-order valence-electron chi connectivity index (χ0n) is 10.8. The zero-order chi connectivity index (χ0) is 13.7. The van der Waals surface area contributed by atoms with Crippen molar-refractivity contribution in [1.82, 2.24) is 9.38 Å². The van der Waals surface area contributed by atoms with Gasteiger partial charge in [-0.1, -0.05) is 52.8 Å². The van der Waals surface area contributed by atoms with E-state index in [0.717, 1.165) is 31.5 Å². The molecule has 2 nitrogen and oxygen atoms in total. The lowest BCUT2D eigenvalue weighted by atomic mass is 10.1. The van der Waals surface area contributed by atoms with Crippen LogP contribution in [0.3, 0.4) is 0 Å². The standard InChI is InChI=1S/C16H11ClN2S/c1-10-2-4-11(5-3-10)13-9-19-14-7-6-12(17)8-15(14)20-16(19)18-13/h2-9H,1H3. The van der Waals surface area contributed by atoms with Crippen LogP contribution in [-0.4, -0.2) is 9.38 Å². The Bertz CT molecular complexity index is 919. The molecule has 0 aliphatic heterocycles. The van der Waals surface area contributed by atoms with Crippen LogP contribution < -0.4 is 0 Å². The largest absolute Gasteiger partial charge is 0.290 e. The van der Waals surface area contributed by atoms with Crippen molar-refractivity contribution in [3.8, 4) is 11.3 Å². The van der Waals surface area contributed by atoms with Gasteiger partial charge in [-0.15, -0.1) is 0 Å². The molecule has 0 fully saturated rings. The van der Waals surface area contributed by atoms with Gasteiger partial charge < -0.3 is 0 Å². The Hall–Kier alpha value is -1.84. The highest BCUT2D eigenvalue weighted by Gasteiger charge is 2.10. The molecule has 0 N–H and O–H groups in total. The number of hydrogen-bond acceptors (Lipinski definition) is 2. The highest BCUT2D eigenvalue weighted by atomic mass is 35.5. The van der Waals surface area contributed by atoms with Crippen LogP contribution in [0.5, 0.6) is 0 Å². The predicted octanol–water partition coefficient (Wildman–Crippen LogP) is 5.18. The number of aryl methyl sites for hydroxylation is 1. The van der Waals surface area contributed by atoms with Crippen LogP contribution in [0, 0.1) is 6.92 Å². The molecule has 4 rings (SSSR count). The van der Waals surface area contributed by atoms with Gasteiger partial charge in [0.2, 0.25) is 0 Å². The third kappa shape index (κ3) is 1.82. The van der Waals surface area contributed by atoms with E-state index in [1.54, 1.807) is 11.3 Å². The summed E-state index contributed by atoms with van der Waals surface area (Å²) in [5, 5.41) is 0.765. The molecule has 0 aliphatic carbocycles. The maximum Gasteiger partial charge on any atom is 0.195 e. The quantitative estimate of drug-likeness (QED) is 0.473. The van der Waals surface area contributed by atoms with Crippen molar-refractivity contribution in [3.63, 3.8) is 0 Å². The number of hydrogen-bond donors (Lipinski definition) is 0. The number of benzene rings is 2. The van der Waals surface area contributed by atoms with Crippen LogP contribution in [0.2, 0.25) is 5.02 Å². The van der Waals surface area contributed by atoms with Gasteiger partial charge in [-0.05, 0) is 25.1 Å². The number of fused-ring (bicyclic) bond motifs is 3. The molecular formula is C16H11ClN2S. The van der Waals surface area contributed by atoms with E-state index < -0.39 is 0 Å². The third-order valence-electron chi connectivity index (χ3n) is 3.40. The molecule has 0 unspecified atom stereocenters. The van der Waals surface area contributed by atoms with E-state index in [1.165, 1.54) is 5.56 Å². The smallest absolute Gasteiger partial charge is 0.195 e. The summed E-state index contributed by atoms with van der Waals surface area (Å²) in [5.74, 6) is 0. The second-order valence-corrected chi connectivity index (χ2v) is 6.30. The molecule has 20 heavy (non-hydrogen) atoms. The van der Waals surface area contributed by atoms with E-state index in [1.807, 2.05) is 18.2 Å². The van der Waals surface area contributed by atoms with Gasteiger partial charge in [-0.25, -0.2) is 4.98 Å². The Kier molecular flexibility index (Phi) is 2.59. The van der Waals surface area contributed by atoms with E-state index in [9.17, 15) is 0 Å². The molecule has 2 aromatic carbocycles. The van der Waals surface area contributed by atoms with Gasteiger partial charge in [-0.3, -0.25) is 4.40 Å². The van der Waals surface area contributed by atoms with Gasteiger partial charge in [0.15, 0.2) is 4.96 Å². The number of nitrogens with zero attached hydrogens (tertiary/aromatic N) is 2. The molecule has 2 aromatic heterocycles. The first-order chi connectivity index (χ1) is 9.70. The van der Waals surface area contributed by atoms with E-state index in [4.69, 9.17) is 16.6 Å². The fourth-order valence-electron chi connectivity index (χ4n) is 2.34. The average molecular weight is 299 g/mol. The fraction of sp³-hybridized carbons (Fsp3) is 0.0625. The third-order valence-corrected chi connectivity index (χ3v) is 4.66. The van der Waals surface area contributed by atoms with Gasteiger partial charge >= 0.3 is 0 Å². The van der Waals surface area contributed by atoms with E-state index >= 15 is 0 Å². The maximum atomic E-state index is 6.03. The summed E-state index contributed by atoms with van der Waals surface area (Å²) >= 11 is 7.69. The first-order valence-corrected chi connectivity index (χ1v) is 7.54. The Labute approximate surface area is 125 Å². The van der Waals surface area contributed by atoms with Crippen LogP contribution in [-0.2, 0) is 0 Å². The molecule has 0 amide bonds. The summed E-state index contributed by atoms with van der Waals surface area (Å²) in [6.45, 7) is 2.09. The van der Waals surface area contributed by atoms with E-state index in [-0.39, 0.29) is 0 Å². The minimum absolute atomic E-state index is 0.765. The molecule has 0 saturated heterocycles. The molecule has 4 heteroatoms. The minimum atomic E-state index is 0.765. The summed E-state index contributed by atoms with van der Waals surface area (Å²) in [4.78, 5) is 5.72. The minimum Gasteiger partial charge on any atom is -0.290 e. The molecule has 0 saturated carbocycles. The van der Waals surface area contributed by atoms with Crippen LogP contribution >= 0.6 is 22.9 Å². The monoisotopic (exact) mass is 298 g/mol. The number of imidazole rings is 1. The van der Waals surface area contributed by atoms with Gasteiger partial charge in [0.25, 0.3) is 0 Å². The highest BCUT2D eigenvalue weighted by molar-refractivity contribution is 7.23. The molecule has 0 bridgehead atoms. The lowest BCUT2D eigenvalue weighted by Crippen LogP contribution is -1.78. The van der Waals surface area contributed by atoms with Crippen molar-refractivity contribution >= 4 is 38.1 Å². The maximum absolute atomic E-state index is 6.03. The first kappa shape index (κ1) is 11.9. The van der Waals surface area contributed by atoms with Crippen LogP contribution in [0.1, 0.15) is 5.56 Å². The van der Waals surface area contributed by atoms with Crippen molar-refractivity contribution in [3.05, 3.63) is 59.2 Å². The van der Waals surface area contributed by atoms with Crippen molar-refractivity contribution in [2.45, 2.75) is 6.92 Å². The Morgan fingerprint density at radius 1 is 1.10 bits per heavy atom. The normalized spacial score (nSPS) is 11.5. The summed E-state index contributed by atoms with van der Waals surface area (Å²) < 4.78 is 3.29. The lowest BCUT2D eigenvalue weighted by molar-refractivity contribution is 1.30. The predicted molar refractivity (Wildman–Crippen MR) is 85.8 cm³/mol. The SMILES string of the molecule is Cc1ccc(-c2cn3c(n2)sc2cc(Cl)ccc23)cc1. The molecular weight excluding hydrogens is 288 g/mol. The zero-order valence-corrected chi connectivity index (χ0v) is 12.4. The second kappa shape index (κ2) is 4.33. The first-order valence-electron chi connectivity index (χ1n) is 6.35. The topological polar surface area (TPSA) is 17.3 Å². The summed E-state index contributed by atoms with van der Waals surface area (Å²) in [5.41, 5.74) is 4.57. The number of rotatable bonds is 1. The average Bonchev–Trinajstić information content (AvgIpc) is 2.96. The number of thiazole rings is 1. The molecule has 0 aliphatic rings. The molecule has 2 heterocycles. The van der Waals surface area contributed by atoms with Crippen molar-refractivity contribution in [1.29, 1.82) is 0 Å². The molecule has 0 atom stereocenters. The molecule has 98 valence electrons. The second-order valence-electron chi connectivity index (χ2n) is 4.86. The summed E-state index contributed by atoms with van der Waals surface area (Å²) in [6.07, 6.45) is 2.09. The summed E-state index contributed by atoms with van der Waals surface area (Å²) in [6, 6.07) is 14.4. The lowest BCUT2D eigenvalue weighted by Gasteiger charge is -1.97. The van der Waals surface area contributed by atoms with Crippen LogP contribution in [0.4, 0.5) is 0 Å². The van der Waals surface area contributed by atoms with Gasteiger partial charge in [0.05, 0.1) is 15.9 Å². The number of halogens is 1. The van der Waals surface area contributed by atoms with Crippen molar-refractivity contribution < 1.29 is 0 Å². The molecule has 0 radical (unpaired) electrons. The van der Waals surface area contributed by atoms with Crippen molar-refractivity contribution in [2.75, 3.05) is 0 Å². The fourth-order valence-corrected chi connectivity index (χ4v) is 3.62. The van der Waals surface area contributed by atoms with Gasteiger partial charge in [0, 0.05) is 16.8 Å². The molecule has 4 aromatic rings. The van der Waals surface area contributed by atoms with Gasteiger partial charge in [0.1, 0.15) is 0 Å². The Balaban J connectivity index is 1.93. The van der Waals surface area contributed by atoms with E-state index in [2.05, 4.69) is 41.8 Å². The molecule has 0 spiro atoms. The van der Waals surface area contributed by atoms with E-state index in [0.29, 0.717) is 0 Å². The van der Waals surface area contributed by atoms with Gasteiger partial charge in [-0.2, -0.15) is 0 Å². The number of aromatic nitrogens is 2. The Morgan fingerprint density at radius 3 is 2.70 bits per heavy atom. The van der Waals surface area contributed by atoms with Crippen molar-refractivity contribution in [2.24, 2.45) is 0 Å².